The average Bonchev–Trinajstić information content (AvgIpc) is 2.93. The number of nitrogens with zero attached hydrogens (tertiary/aromatic N) is 3. The number of aromatic nitrogens is 3. The van der Waals surface area contributed by atoms with Crippen molar-refractivity contribution in [2.75, 3.05) is 18.0 Å². The highest BCUT2D eigenvalue weighted by Gasteiger charge is 2.25. The molecule has 2 atom stereocenters. The summed E-state index contributed by atoms with van der Waals surface area (Å²) in [7, 11) is 0. The monoisotopic (exact) mass is 289 g/mol. The van der Waals surface area contributed by atoms with Crippen molar-refractivity contribution in [2.24, 2.45) is 11.7 Å². The third-order valence-electron chi connectivity index (χ3n) is 4.10. The second kappa shape index (κ2) is 5.81. The standard InChI is InChI=1S/C15H20FN5/c1-10-6-7-21(9-13(10)17)15-18-14(19-20-15)8-11-2-4-12(16)5-3-11/h2-5,10,13H,6-9,17H2,1H3,(H,18,19,20). The molecule has 21 heavy (non-hydrogen) atoms. The third kappa shape index (κ3) is 3.21. The van der Waals surface area contributed by atoms with Crippen LogP contribution in [0.2, 0.25) is 0 Å². The van der Waals surface area contributed by atoms with E-state index in [2.05, 4.69) is 27.0 Å². The molecule has 1 aliphatic heterocycles. The van der Waals surface area contributed by atoms with Gasteiger partial charge in [0.05, 0.1) is 0 Å². The Morgan fingerprint density at radius 1 is 1.38 bits per heavy atom. The lowest BCUT2D eigenvalue weighted by Gasteiger charge is -2.34. The zero-order chi connectivity index (χ0) is 14.8. The number of halogens is 1. The Kier molecular flexibility index (Phi) is 3.88. The number of hydrogen-bond acceptors (Lipinski definition) is 4. The predicted molar refractivity (Wildman–Crippen MR) is 79.6 cm³/mol. The summed E-state index contributed by atoms with van der Waals surface area (Å²) in [5.41, 5.74) is 7.11. The number of nitrogens with one attached hydrogen (secondary N) is 1. The molecule has 2 aromatic rings. The lowest BCUT2D eigenvalue weighted by atomic mass is 9.95. The summed E-state index contributed by atoms with van der Waals surface area (Å²) in [6.45, 7) is 3.90. The lowest BCUT2D eigenvalue weighted by molar-refractivity contribution is 0.376. The fourth-order valence-corrected chi connectivity index (χ4v) is 2.58. The van der Waals surface area contributed by atoms with Crippen LogP contribution in [0.1, 0.15) is 24.7 Å². The molecule has 1 fully saturated rings. The maximum atomic E-state index is 12.9. The van der Waals surface area contributed by atoms with Gasteiger partial charge in [0.2, 0.25) is 5.95 Å². The number of anilines is 1. The number of rotatable bonds is 3. The van der Waals surface area contributed by atoms with Crippen molar-refractivity contribution in [2.45, 2.75) is 25.8 Å². The minimum Gasteiger partial charge on any atom is -0.338 e. The molecule has 2 unspecified atom stereocenters. The number of nitrogens with two attached hydrogens (primary N) is 1. The van der Waals surface area contributed by atoms with E-state index in [1.165, 1.54) is 12.1 Å². The maximum absolute atomic E-state index is 12.9. The summed E-state index contributed by atoms with van der Waals surface area (Å²) in [5.74, 6) is 1.80. The molecule has 5 nitrogen and oxygen atoms in total. The van der Waals surface area contributed by atoms with Gasteiger partial charge < -0.3 is 10.6 Å². The fraction of sp³-hybridized carbons (Fsp3) is 0.467. The van der Waals surface area contributed by atoms with Gasteiger partial charge in [0, 0.05) is 25.6 Å². The summed E-state index contributed by atoms with van der Waals surface area (Å²) in [4.78, 5) is 6.64. The molecule has 0 amide bonds. The highest BCUT2D eigenvalue weighted by molar-refractivity contribution is 5.31. The first kappa shape index (κ1) is 14.0. The van der Waals surface area contributed by atoms with Crippen LogP contribution in [0.15, 0.2) is 24.3 Å². The van der Waals surface area contributed by atoms with Crippen LogP contribution in [0.3, 0.4) is 0 Å². The second-order valence-corrected chi connectivity index (χ2v) is 5.76. The summed E-state index contributed by atoms with van der Waals surface area (Å²) in [6, 6.07) is 6.60. The Morgan fingerprint density at radius 2 is 2.14 bits per heavy atom. The van der Waals surface area contributed by atoms with Gasteiger partial charge >= 0.3 is 0 Å². The number of aromatic amines is 1. The Hall–Kier alpha value is -1.95. The van der Waals surface area contributed by atoms with E-state index >= 15 is 0 Å². The van der Waals surface area contributed by atoms with Crippen LogP contribution in [0.5, 0.6) is 0 Å². The topological polar surface area (TPSA) is 70.8 Å². The van der Waals surface area contributed by atoms with Gasteiger partial charge in [0.25, 0.3) is 0 Å². The summed E-state index contributed by atoms with van der Waals surface area (Å²) < 4.78 is 12.9. The van der Waals surface area contributed by atoms with E-state index in [4.69, 9.17) is 5.73 Å². The van der Waals surface area contributed by atoms with Crippen LogP contribution in [-0.4, -0.2) is 34.3 Å². The Morgan fingerprint density at radius 3 is 2.86 bits per heavy atom. The first-order valence-electron chi connectivity index (χ1n) is 7.28. The summed E-state index contributed by atoms with van der Waals surface area (Å²) in [5, 5.41) is 7.23. The van der Waals surface area contributed by atoms with Crippen LogP contribution in [0.25, 0.3) is 0 Å². The first-order chi connectivity index (χ1) is 10.1. The molecule has 1 aromatic carbocycles. The zero-order valence-corrected chi connectivity index (χ0v) is 12.1. The van der Waals surface area contributed by atoms with E-state index in [1.54, 1.807) is 12.1 Å². The van der Waals surface area contributed by atoms with Crippen molar-refractivity contribution in [3.8, 4) is 0 Å². The number of hydrogen-bond donors (Lipinski definition) is 2. The third-order valence-corrected chi connectivity index (χ3v) is 4.10. The molecule has 0 bridgehead atoms. The quantitative estimate of drug-likeness (QED) is 0.902. The summed E-state index contributed by atoms with van der Waals surface area (Å²) in [6.07, 6.45) is 1.67. The average molecular weight is 289 g/mol. The molecule has 6 heteroatoms. The molecule has 0 saturated carbocycles. The largest absolute Gasteiger partial charge is 0.338 e. The van der Waals surface area contributed by atoms with Crippen molar-refractivity contribution >= 4 is 5.95 Å². The Balaban J connectivity index is 1.67. The zero-order valence-electron chi connectivity index (χ0n) is 12.1. The van der Waals surface area contributed by atoms with Gasteiger partial charge in [0.15, 0.2) is 0 Å². The molecular weight excluding hydrogens is 269 g/mol. The van der Waals surface area contributed by atoms with Crippen LogP contribution in [0.4, 0.5) is 10.3 Å². The molecule has 2 heterocycles. The Labute approximate surface area is 123 Å². The molecule has 1 aliphatic rings. The second-order valence-electron chi connectivity index (χ2n) is 5.76. The van der Waals surface area contributed by atoms with E-state index in [9.17, 15) is 4.39 Å². The molecular formula is C15H20FN5. The highest BCUT2D eigenvalue weighted by atomic mass is 19.1. The Bertz CT molecular complexity index is 594. The predicted octanol–water partition coefficient (Wildman–Crippen LogP) is 1.71. The van der Waals surface area contributed by atoms with Gasteiger partial charge in [-0.05, 0) is 30.0 Å². The van der Waals surface area contributed by atoms with E-state index < -0.39 is 0 Å². The fourth-order valence-electron chi connectivity index (χ4n) is 2.58. The molecule has 1 aromatic heterocycles. The van der Waals surface area contributed by atoms with Gasteiger partial charge in [-0.3, -0.25) is 5.10 Å². The van der Waals surface area contributed by atoms with E-state index in [1.807, 2.05) is 0 Å². The van der Waals surface area contributed by atoms with Crippen LogP contribution in [-0.2, 0) is 6.42 Å². The molecule has 3 N–H and O–H groups in total. The van der Waals surface area contributed by atoms with Crippen LogP contribution in [0, 0.1) is 11.7 Å². The van der Waals surface area contributed by atoms with Crippen molar-refractivity contribution in [1.29, 1.82) is 0 Å². The van der Waals surface area contributed by atoms with Crippen molar-refractivity contribution in [1.82, 2.24) is 15.2 Å². The number of H-pyrrole nitrogens is 1. The molecule has 1 saturated heterocycles. The molecule has 112 valence electrons. The van der Waals surface area contributed by atoms with Crippen LogP contribution < -0.4 is 10.6 Å². The van der Waals surface area contributed by atoms with E-state index in [0.29, 0.717) is 18.3 Å². The summed E-state index contributed by atoms with van der Waals surface area (Å²) >= 11 is 0. The number of benzene rings is 1. The van der Waals surface area contributed by atoms with Gasteiger partial charge in [-0.2, -0.15) is 4.98 Å². The first-order valence-corrected chi connectivity index (χ1v) is 7.28. The van der Waals surface area contributed by atoms with Gasteiger partial charge in [-0.1, -0.05) is 19.1 Å². The molecule has 0 radical (unpaired) electrons. The molecule has 0 spiro atoms. The molecule has 3 rings (SSSR count). The van der Waals surface area contributed by atoms with Gasteiger partial charge in [-0.15, -0.1) is 5.10 Å². The van der Waals surface area contributed by atoms with E-state index in [-0.39, 0.29) is 11.9 Å². The minimum atomic E-state index is -0.228. The SMILES string of the molecule is CC1CCN(c2n[nH]c(Cc3ccc(F)cc3)n2)CC1N. The van der Waals surface area contributed by atoms with E-state index in [0.717, 1.165) is 30.9 Å². The molecule has 0 aliphatic carbocycles. The normalized spacial score (nSPS) is 22.5. The van der Waals surface area contributed by atoms with Crippen molar-refractivity contribution in [3.63, 3.8) is 0 Å². The maximum Gasteiger partial charge on any atom is 0.244 e. The van der Waals surface area contributed by atoms with Gasteiger partial charge in [-0.25, -0.2) is 4.39 Å². The minimum absolute atomic E-state index is 0.165. The highest BCUT2D eigenvalue weighted by Crippen LogP contribution is 2.19. The van der Waals surface area contributed by atoms with Crippen molar-refractivity contribution < 1.29 is 4.39 Å². The smallest absolute Gasteiger partial charge is 0.244 e. The lowest BCUT2D eigenvalue weighted by Crippen LogP contribution is -2.48. The number of piperidine rings is 1. The van der Waals surface area contributed by atoms with Crippen LogP contribution >= 0.6 is 0 Å². The van der Waals surface area contributed by atoms with Gasteiger partial charge in [0.1, 0.15) is 11.6 Å². The van der Waals surface area contributed by atoms with Crippen molar-refractivity contribution in [3.05, 3.63) is 41.5 Å².